The number of halogens is 2. The molecule has 0 amide bonds. The summed E-state index contributed by atoms with van der Waals surface area (Å²) in [6.45, 7) is 3.68. The molecule has 0 aliphatic rings. The van der Waals surface area contributed by atoms with Gasteiger partial charge in [0.25, 0.3) is 0 Å². The zero-order valence-electron chi connectivity index (χ0n) is 8.08. The fraction of sp³-hybridized carbons (Fsp3) is 0.222. The lowest BCUT2D eigenvalue weighted by Crippen LogP contribution is -1.92. The molecule has 0 aliphatic carbocycles. The van der Waals surface area contributed by atoms with Crippen LogP contribution in [0.4, 0.5) is 4.39 Å². The highest BCUT2D eigenvalue weighted by molar-refractivity contribution is 7.15. The molecule has 0 saturated carbocycles. The van der Waals surface area contributed by atoms with Crippen LogP contribution in [0.5, 0.6) is 0 Å². The summed E-state index contributed by atoms with van der Waals surface area (Å²) < 4.78 is 13.6. The highest BCUT2D eigenvalue weighted by atomic mass is 35.5. The fourth-order valence-corrected chi connectivity index (χ4v) is 2.30. The Hall–Kier alpha value is -1.07. The first kappa shape index (κ1) is 10.4. The van der Waals surface area contributed by atoms with Crippen LogP contribution in [0.15, 0.2) is 6.33 Å². The van der Waals surface area contributed by atoms with Crippen molar-refractivity contribution in [1.29, 1.82) is 0 Å². The molecule has 0 unspecified atom stereocenters. The Morgan fingerprint density at radius 1 is 1.33 bits per heavy atom. The third kappa shape index (κ3) is 1.85. The van der Waals surface area contributed by atoms with Crippen LogP contribution in [0, 0.1) is 19.7 Å². The van der Waals surface area contributed by atoms with Crippen molar-refractivity contribution in [3.05, 3.63) is 28.0 Å². The van der Waals surface area contributed by atoms with Crippen LogP contribution in [0.2, 0.25) is 5.15 Å². The van der Waals surface area contributed by atoms with Gasteiger partial charge in [0.15, 0.2) is 11.0 Å². The number of nitrogens with zero attached hydrogens (tertiary/aromatic N) is 3. The second-order valence-electron chi connectivity index (χ2n) is 2.97. The Bertz CT molecular complexity index is 512. The molecular formula is C9H7ClFN3S. The molecule has 2 aromatic heterocycles. The zero-order chi connectivity index (χ0) is 11.0. The minimum Gasteiger partial charge on any atom is -0.246 e. The van der Waals surface area contributed by atoms with Crippen molar-refractivity contribution in [3.8, 4) is 10.6 Å². The lowest BCUT2D eigenvalue weighted by Gasteiger charge is -2.00. The van der Waals surface area contributed by atoms with Crippen molar-refractivity contribution in [3.63, 3.8) is 0 Å². The SMILES string of the molecule is Cc1nc(C)c(-c2ncnc(Cl)c2F)s1. The van der Waals surface area contributed by atoms with Gasteiger partial charge in [0, 0.05) is 0 Å². The van der Waals surface area contributed by atoms with Crippen molar-refractivity contribution in [2.24, 2.45) is 0 Å². The van der Waals surface area contributed by atoms with E-state index in [1.807, 2.05) is 13.8 Å². The van der Waals surface area contributed by atoms with Gasteiger partial charge in [-0.25, -0.2) is 19.3 Å². The minimum atomic E-state index is -0.592. The molecule has 0 aromatic carbocycles. The zero-order valence-corrected chi connectivity index (χ0v) is 9.66. The van der Waals surface area contributed by atoms with Gasteiger partial charge in [-0.3, -0.25) is 0 Å². The Morgan fingerprint density at radius 3 is 2.67 bits per heavy atom. The van der Waals surface area contributed by atoms with Crippen LogP contribution >= 0.6 is 22.9 Å². The maximum Gasteiger partial charge on any atom is 0.187 e. The lowest BCUT2D eigenvalue weighted by molar-refractivity contribution is 0.619. The standard InChI is InChI=1S/C9H7ClFN3S/c1-4-8(15-5(2)14-4)7-6(11)9(10)13-3-12-7/h3H,1-2H3. The summed E-state index contributed by atoms with van der Waals surface area (Å²) in [6, 6.07) is 0. The number of hydrogen-bond donors (Lipinski definition) is 0. The molecule has 15 heavy (non-hydrogen) atoms. The van der Waals surface area contributed by atoms with Gasteiger partial charge in [-0.05, 0) is 13.8 Å². The van der Waals surface area contributed by atoms with Crippen molar-refractivity contribution < 1.29 is 4.39 Å². The summed E-state index contributed by atoms with van der Waals surface area (Å²) in [5.41, 5.74) is 0.976. The third-order valence-electron chi connectivity index (χ3n) is 1.87. The summed E-state index contributed by atoms with van der Waals surface area (Å²) in [5.74, 6) is -0.592. The van der Waals surface area contributed by atoms with Crippen molar-refractivity contribution in [2.75, 3.05) is 0 Å². The molecule has 3 nitrogen and oxygen atoms in total. The van der Waals surface area contributed by atoms with E-state index in [1.54, 1.807) is 0 Å². The first-order valence-electron chi connectivity index (χ1n) is 4.20. The van der Waals surface area contributed by atoms with E-state index in [9.17, 15) is 4.39 Å². The molecule has 2 aromatic rings. The van der Waals surface area contributed by atoms with Gasteiger partial charge in [-0.1, -0.05) is 11.6 Å². The molecule has 0 atom stereocenters. The van der Waals surface area contributed by atoms with Gasteiger partial charge < -0.3 is 0 Å². The van der Waals surface area contributed by atoms with Gasteiger partial charge in [0.05, 0.1) is 15.6 Å². The van der Waals surface area contributed by atoms with Gasteiger partial charge >= 0.3 is 0 Å². The van der Waals surface area contributed by atoms with E-state index in [-0.39, 0.29) is 10.8 Å². The molecule has 0 spiro atoms. The van der Waals surface area contributed by atoms with E-state index >= 15 is 0 Å². The van der Waals surface area contributed by atoms with E-state index < -0.39 is 5.82 Å². The summed E-state index contributed by atoms with van der Waals surface area (Å²) in [5, 5.41) is 0.710. The maximum atomic E-state index is 13.6. The largest absolute Gasteiger partial charge is 0.246 e. The molecule has 0 bridgehead atoms. The Kier molecular flexibility index (Phi) is 2.67. The highest BCUT2D eigenvalue weighted by Crippen LogP contribution is 2.31. The number of hydrogen-bond acceptors (Lipinski definition) is 4. The molecule has 6 heteroatoms. The topological polar surface area (TPSA) is 38.7 Å². The predicted molar refractivity (Wildman–Crippen MR) is 57.6 cm³/mol. The summed E-state index contributed by atoms with van der Waals surface area (Å²) in [4.78, 5) is 12.4. The monoisotopic (exact) mass is 243 g/mol. The van der Waals surface area contributed by atoms with Gasteiger partial charge in [0.1, 0.15) is 12.0 Å². The second kappa shape index (κ2) is 3.83. The van der Waals surface area contributed by atoms with E-state index in [4.69, 9.17) is 11.6 Å². The molecule has 0 radical (unpaired) electrons. The molecule has 0 aliphatic heterocycles. The molecule has 0 N–H and O–H groups in total. The van der Waals surface area contributed by atoms with Crippen molar-refractivity contribution in [1.82, 2.24) is 15.0 Å². The van der Waals surface area contributed by atoms with E-state index in [2.05, 4.69) is 15.0 Å². The van der Waals surface area contributed by atoms with Gasteiger partial charge in [-0.2, -0.15) is 0 Å². The minimum absolute atomic E-state index is 0.162. The number of aryl methyl sites for hydroxylation is 2. The first-order chi connectivity index (χ1) is 7.09. The Labute approximate surface area is 95.0 Å². The van der Waals surface area contributed by atoms with Gasteiger partial charge in [-0.15, -0.1) is 11.3 Å². The normalized spacial score (nSPS) is 10.7. The Balaban J connectivity index is 2.64. The van der Waals surface area contributed by atoms with Crippen molar-refractivity contribution >= 4 is 22.9 Å². The van der Waals surface area contributed by atoms with Crippen LogP contribution in [0.1, 0.15) is 10.7 Å². The number of rotatable bonds is 1. The molecule has 2 heterocycles. The predicted octanol–water partition coefficient (Wildman–Crippen LogP) is 3.01. The number of aromatic nitrogens is 3. The fourth-order valence-electron chi connectivity index (χ4n) is 1.26. The quantitative estimate of drug-likeness (QED) is 0.723. The average molecular weight is 244 g/mol. The van der Waals surface area contributed by atoms with E-state index in [1.165, 1.54) is 17.7 Å². The molecular weight excluding hydrogens is 237 g/mol. The Morgan fingerprint density at radius 2 is 2.07 bits per heavy atom. The van der Waals surface area contributed by atoms with Crippen LogP contribution in [-0.4, -0.2) is 15.0 Å². The van der Waals surface area contributed by atoms with Crippen LogP contribution in [-0.2, 0) is 0 Å². The smallest absolute Gasteiger partial charge is 0.187 e. The highest BCUT2D eigenvalue weighted by Gasteiger charge is 2.16. The molecule has 2 rings (SSSR count). The summed E-state index contributed by atoms with van der Waals surface area (Å²) in [6.07, 6.45) is 1.25. The molecule has 0 fully saturated rings. The van der Waals surface area contributed by atoms with E-state index in [0.29, 0.717) is 4.88 Å². The van der Waals surface area contributed by atoms with Crippen LogP contribution in [0.3, 0.4) is 0 Å². The second-order valence-corrected chi connectivity index (χ2v) is 4.54. The third-order valence-corrected chi connectivity index (χ3v) is 3.21. The number of thiazole rings is 1. The van der Waals surface area contributed by atoms with Crippen LogP contribution < -0.4 is 0 Å². The van der Waals surface area contributed by atoms with Crippen LogP contribution in [0.25, 0.3) is 10.6 Å². The molecule has 0 saturated heterocycles. The maximum absolute atomic E-state index is 13.6. The summed E-state index contributed by atoms with van der Waals surface area (Å²) in [7, 11) is 0. The first-order valence-corrected chi connectivity index (χ1v) is 5.39. The molecule has 78 valence electrons. The van der Waals surface area contributed by atoms with E-state index in [0.717, 1.165) is 10.7 Å². The lowest BCUT2D eigenvalue weighted by atomic mass is 10.3. The van der Waals surface area contributed by atoms with Crippen molar-refractivity contribution in [2.45, 2.75) is 13.8 Å². The summed E-state index contributed by atoms with van der Waals surface area (Å²) >= 11 is 6.97. The van der Waals surface area contributed by atoms with Gasteiger partial charge in [0.2, 0.25) is 0 Å². The average Bonchev–Trinajstić information content (AvgIpc) is 2.50.